The lowest BCUT2D eigenvalue weighted by atomic mass is 9.85. The first-order valence-corrected chi connectivity index (χ1v) is 11.4. The smallest absolute Gasteiger partial charge is 0.275 e. The average Bonchev–Trinajstić information content (AvgIpc) is 3.47. The fraction of sp³-hybridized carbons (Fsp3) is 0.455. The molecule has 5 rings (SSSR count). The number of hydrogen-bond acceptors (Lipinski definition) is 9. The van der Waals surface area contributed by atoms with Crippen LogP contribution in [-0.4, -0.2) is 58.8 Å². The van der Waals surface area contributed by atoms with E-state index in [9.17, 15) is 9.18 Å². The summed E-state index contributed by atoms with van der Waals surface area (Å²) in [5, 5.41) is 3.17. The third-order valence-corrected chi connectivity index (χ3v) is 7.54. The molecule has 1 saturated carbocycles. The molecule has 0 radical (unpaired) electrons. The highest BCUT2D eigenvalue weighted by molar-refractivity contribution is 8.15. The van der Waals surface area contributed by atoms with Gasteiger partial charge in [-0.05, 0) is 31.5 Å². The zero-order valence-corrected chi connectivity index (χ0v) is 19.0. The Labute approximate surface area is 194 Å². The monoisotopic (exact) mass is 473 g/mol. The fourth-order valence-corrected chi connectivity index (χ4v) is 5.91. The van der Waals surface area contributed by atoms with E-state index < -0.39 is 17.3 Å². The van der Waals surface area contributed by atoms with Gasteiger partial charge in [0.1, 0.15) is 17.6 Å². The van der Waals surface area contributed by atoms with Crippen molar-refractivity contribution in [2.24, 2.45) is 16.6 Å². The van der Waals surface area contributed by atoms with Crippen molar-refractivity contribution in [2.45, 2.75) is 29.7 Å². The number of hydrogen-bond donors (Lipinski definition) is 2. The van der Waals surface area contributed by atoms with Gasteiger partial charge in [-0.1, -0.05) is 11.8 Å². The normalized spacial score (nSPS) is 28.3. The lowest BCUT2D eigenvalue weighted by Gasteiger charge is -2.34. The van der Waals surface area contributed by atoms with Crippen LogP contribution in [0.1, 0.15) is 29.4 Å². The van der Waals surface area contributed by atoms with Crippen LogP contribution in [0.25, 0.3) is 0 Å². The molecule has 174 valence electrons. The minimum atomic E-state index is -0.858. The van der Waals surface area contributed by atoms with Crippen molar-refractivity contribution in [1.82, 2.24) is 9.97 Å². The maximum absolute atomic E-state index is 15.0. The standard InChI is InChI=1S/C22H24FN5O4S/c1-21(17-6-22(17,11-30-2)33-20(24)28-21)14-5-12(3-4-15(14)23)27-19(29)16-7-26-18(8-25-16)32-13-9-31-10-13/h3-5,7-8,13,17H,6,9-11H2,1-2H3,(H2,24,28)(H,27,29)/t17-,21-,22+/m0/s1. The molecule has 1 saturated heterocycles. The second kappa shape index (κ2) is 8.23. The molecule has 3 atom stereocenters. The van der Waals surface area contributed by atoms with E-state index in [-0.39, 0.29) is 22.5 Å². The minimum absolute atomic E-state index is 0.0399. The van der Waals surface area contributed by atoms with Gasteiger partial charge in [-0.25, -0.2) is 14.4 Å². The Hall–Kier alpha value is -2.76. The number of halogens is 1. The topological polar surface area (TPSA) is 121 Å². The van der Waals surface area contributed by atoms with Gasteiger partial charge in [0.05, 0.1) is 42.5 Å². The molecule has 1 aromatic heterocycles. The number of amides is 1. The van der Waals surface area contributed by atoms with E-state index in [1.54, 1.807) is 13.2 Å². The van der Waals surface area contributed by atoms with E-state index in [0.29, 0.717) is 42.1 Å². The largest absolute Gasteiger partial charge is 0.468 e. The van der Waals surface area contributed by atoms with E-state index >= 15 is 0 Å². The molecule has 1 amide bonds. The zero-order valence-electron chi connectivity index (χ0n) is 18.2. The number of amidine groups is 1. The molecule has 0 unspecified atom stereocenters. The second-order valence-corrected chi connectivity index (χ2v) is 10.1. The van der Waals surface area contributed by atoms with Crippen molar-refractivity contribution in [3.05, 3.63) is 47.7 Å². The minimum Gasteiger partial charge on any atom is -0.468 e. The van der Waals surface area contributed by atoms with Gasteiger partial charge < -0.3 is 25.3 Å². The molecule has 33 heavy (non-hydrogen) atoms. The highest BCUT2D eigenvalue weighted by Gasteiger charge is 2.66. The quantitative estimate of drug-likeness (QED) is 0.629. The number of aromatic nitrogens is 2. The molecular formula is C22H24FN5O4S. The molecule has 3 heterocycles. The number of thioether (sulfide) groups is 1. The molecule has 0 spiro atoms. The number of carbonyl (C=O) groups excluding carboxylic acids is 1. The van der Waals surface area contributed by atoms with Crippen LogP contribution in [0.3, 0.4) is 0 Å². The number of anilines is 1. The van der Waals surface area contributed by atoms with Crippen LogP contribution in [0.5, 0.6) is 5.88 Å². The molecule has 11 heteroatoms. The predicted octanol–water partition coefficient (Wildman–Crippen LogP) is 2.33. The summed E-state index contributed by atoms with van der Waals surface area (Å²) >= 11 is 1.49. The molecule has 1 aliphatic carbocycles. The molecule has 3 N–H and O–H groups in total. The predicted molar refractivity (Wildman–Crippen MR) is 121 cm³/mol. The van der Waals surface area contributed by atoms with Crippen LogP contribution < -0.4 is 15.8 Å². The number of ether oxygens (including phenoxy) is 3. The summed E-state index contributed by atoms with van der Waals surface area (Å²) in [7, 11) is 1.64. The molecule has 3 aliphatic rings. The van der Waals surface area contributed by atoms with Crippen LogP contribution >= 0.6 is 11.8 Å². The van der Waals surface area contributed by atoms with Gasteiger partial charge in [-0.2, -0.15) is 0 Å². The second-order valence-electron chi connectivity index (χ2n) is 8.62. The first-order valence-electron chi connectivity index (χ1n) is 10.5. The number of methoxy groups -OCH3 is 1. The number of fused-ring (bicyclic) bond motifs is 1. The van der Waals surface area contributed by atoms with Crippen LogP contribution in [-0.2, 0) is 15.0 Å². The summed E-state index contributed by atoms with van der Waals surface area (Å²) < 4.78 is 30.8. The maximum atomic E-state index is 15.0. The summed E-state index contributed by atoms with van der Waals surface area (Å²) in [4.78, 5) is 25.6. The lowest BCUT2D eigenvalue weighted by Crippen LogP contribution is -2.38. The van der Waals surface area contributed by atoms with E-state index in [2.05, 4.69) is 20.3 Å². The molecule has 9 nitrogen and oxygen atoms in total. The Morgan fingerprint density at radius 3 is 2.85 bits per heavy atom. The summed E-state index contributed by atoms with van der Waals surface area (Å²) in [6.45, 7) is 3.41. The molecule has 0 bridgehead atoms. The SMILES string of the molecule is COC[C@]12C[C@H]1[C@](C)(c1cc(NC(=O)c3cnc(OC4COC4)cn3)ccc1F)N=C(N)S2. The number of nitrogens with zero attached hydrogens (tertiary/aromatic N) is 3. The van der Waals surface area contributed by atoms with Gasteiger partial charge in [0.2, 0.25) is 5.88 Å². The first kappa shape index (κ1) is 22.1. The highest BCUT2D eigenvalue weighted by atomic mass is 32.2. The van der Waals surface area contributed by atoms with E-state index in [4.69, 9.17) is 19.9 Å². The Kier molecular flexibility index (Phi) is 5.50. The van der Waals surface area contributed by atoms with Crippen molar-refractivity contribution in [3.63, 3.8) is 0 Å². The van der Waals surface area contributed by atoms with Gasteiger partial charge in [0.15, 0.2) is 5.17 Å². The summed E-state index contributed by atoms with van der Waals surface area (Å²) in [5.41, 5.74) is 6.17. The summed E-state index contributed by atoms with van der Waals surface area (Å²) in [6, 6.07) is 4.44. The number of nitrogens with one attached hydrogen (secondary N) is 1. The molecule has 2 aliphatic heterocycles. The lowest BCUT2D eigenvalue weighted by molar-refractivity contribution is -0.0814. The van der Waals surface area contributed by atoms with Crippen LogP contribution in [0.4, 0.5) is 10.1 Å². The molecule has 2 fully saturated rings. The first-order chi connectivity index (χ1) is 15.8. The third kappa shape index (κ3) is 4.04. The number of carbonyl (C=O) groups is 1. The zero-order chi connectivity index (χ0) is 23.2. The molecule has 1 aromatic carbocycles. The van der Waals surface area contributed by atoms with E-state index in [1.165, 1.54) is 36.3 Å². The average molecular weight is 474 g/mol. The van der Waals surface area contributed by atoms with Crippen LogP contribution in [0.15, 0.2) is 35.6 Å². The van der Waals surface area contributed by atoms with Gasteiger partial charge in [-0.15, -0.1) is 0 Å². The number of rotatable bonds is 7. The summed E-state index contributed by atoms with van der Waals surface area (Å²) in [6.07, 6.45) is 3.51. The highest BCUT2D eigenvalue weighted by Crippen LogP contribution is 2.66. The maximum Gasteiger partial charge on any atom is 0.275 e. The van der Waals surface area contributed by atoms with E-state index in [1.807, 2.05) is 6.92 Å². The third-order valence-electron chi connectivity index (χ3n) is 6.27. The Morgan fingerprint density at radius 1 is 1.36 bits per heavy atom. The van der Waals surface area contributed by atoms with E-state index in [0.717, 1.165) is 6.42 Å². The van der Waals surface area contributed by atoms with Crippen molar-refractivity contribution in [2.75, 3.05) is 32.2 Å². The van der Waals surface area contributed by atoms with Crippen LogP contribution in [0.2, 0.25) is 0 Å². The number of benzene rings is 1. The molecular weight excluding hydrogens is 449 g/mol. The summed E-state index contributed by atoms with van der Waals surface area (Å²) in [5.74, 6) is -0.474. The van der Waals surface area contributed by atoms with Gasteiger partial charge in [0.25, 0.3) is 5.91 Å². The van der Waals surface area contributed by atoms with Crippen LogP contribution in [0, 0.1) is 11.7 Å². The Morgan fingerprint density at radius 2 is 2.18 bits per heavy atom. The van der Waals surface area contributed by atoms with Gasteiger partial charge in [-0.3, -0.25) is 9.79 Å². The van der Waals surface area contributed by atoms with Gasteiger partial charge >= 0.3 is 0 Å². The number of nitrogens with two attached hydrogens (primary N) is 1. The van der Waals surface area contributed by atoms with Crippen molar-refractivity contribution in [1.29, 1.82) is 0 Å². The molecule has 2 aromatic rings. The Bertz CT molecular complexity index is 1110. The Balaban J connectivity index is 1.35. The van der Waals surface area contributed by atoms with Crippen molar-refractivity contribution in [3.8, 4) is 5.88 Å². The van der Waals surface area contributed by atoms with Crippen molar-refractivity contribution < 1.29 is 23.4 Å². The fourth-order valence-electron chi connectivity index (χ4n) is 4.46. The van der Waals surface area contributed by atoms with Gasteiger partial charge in [0, 0.05) is 24.3 Å². The van der Waals surface area contributed by atoms with Crippen molar-refractivity contribution >= 4 is 28.5 Å². The number of aliphatic imine (C=N–C) groups is 1.